The van der Waals surface area contributed by atoms with E-state index < -0.39 is 0 Å². The molecule has 6 heteroatoms. The Bertz CT molecular complexity index is 440. The lowest BCUT2D eigenvalue weighted by atomic mass is 10.3. The van der Waals surface area contributed by atoms with Gasteiger partial charge in [-0.2, -0.15) is 10.2 Å². The smallest absolute Gasteiger partial charge is 0.216 e. The van der Waals surface area contributed by atoms with Gasteiger partial charge in [0.25, 0.3) is 0 Å². The standard InChI is InChI=1S/C11H14N4O2/c1-14(2)9-4-5-10(17-7-6-12)13-11(9)15(3)8-16/h4-5,8H,7H2,1-3H3. The fraction of sp³-hybridized carbons (Fsp3) is 0.364. The molecular weight excluding hydrogens is 220 g/mol. The van der Waals surface area contributed by atoms with Crippen molar-refractivity contribution in [1.82, 2.24) is 4.98 Å². The van der Waals surface area contributed by atoms with Crippen LogP contribution in [-0.2, 0) is 4.79 Å². The van der Waals surface area contributed by atoms with Gasteiger partial charge < -0.3 is 14.5 Å². The Labute approximate surface area is 100 Å². The van der Waals surface area contributed by atoms with E-state index in [2.05, 4.69) is 4.98 Å². The third-order valence-corrected chi connectivity index (χ3v) is 2.09. The molecule has 1 amide bonds. The van der Waals surface area contributed by atoms with E-state index in [4.69, 9.17) is 10.00 Å². The molecule has 0 unspecified atom stereocenters. The molecule has 0 aromatic carbocycles. The SMILES string of the molecule is CN(C)c1ccc(OCC#N)nc1N(C)C=O. The average Bonchev–Trinajstić information content (AvgIpc) is 2.34. The summed E-state index contributed by atoms with van der Waals surface area (Å²) in [5, 5.41) is 8.42. The van der Waals surface area contributed by atoms with Gasteiger partial charge in [-0.05, 0) is 6.07 Å². The molecule has 0 aliphatic rings. The predicted molar refractivity (Wildman–Crippen MR) is 64.1 cm³/mol. The van der Waals surface area contributed by atoms with Crippen LogP contribution < -0.4 is 14.5 Å². The van der Waals surface area contributed by atoms with E-state index in [9.17, 15) is 4.79 Å². The highest BCUT2D eigenvalue weighted by molar-refractivity contribution is 5.80. The van der Waals surface area contributed by atoms with Crippen LogP contribution in [0.15, 0.2) is 12.1 Å². The molecule has 0 aliphatic heterocycles. The van der Waals surface area contributed by atoms with Crippen molar-refractivity contribution >= 4 is 17.9 Å². The Morgan fingerprint density at radius 3 is 2.71 bits per heavy atom. The van der Waals surface area contributed by atoms with E-state index in [0.29, 0.717) is 18.1 Å². The molecule has 1 heterocycles. The van der Waals surface area contributed by atoms with Crippen molar-refractivity contribution in [3.05, 3.63) is 12.1 Å². The third-order valence-electron chi connectivity index (χ3n) is 2.09. The maximum absolute atomic E-state index is 10.8. The first kappa shape index (κ1) is 12.8. The van der Waals surface area contributed by atoms with Gasteiger partial charge in [0.1, 0.15) is 6.07 Å². The second-order valence-electron chi connectivity index (χ2n) is 3.55. The summed E-state index contributed by atoms with van der Waals surface area (Å²) in [4.78, 5) is 18.2. The first-order chi connectivity index (χ1) is 8.10. The molecule has 17 heavy (non-hydrogen) atoms. The highest BCUT2D eigenvalue weighted by Gasteiger charge is 2.12. The number of hydrogen-bond acceptors (Lipinski definition) is 5. The maximum Gasteiger partial charge on any atom is 0.216 e. The highest BCUT2D eigenvalue weighted by atomic mass is 16.5. The molecule has 0 spiro atoms. The van der Waals surface area contributed by atoms with Crippen molar-refractivity contribution in [3.63, 3.8) is 0 Å². The molecule has 0 radical (unpaired) electrons. The molecular formula is C11H14N4O2. The molecule has 1 rings (SSSR count). The Hall–Kier alpha value is -2.29. The normalized spacial score (nSPS) is 9.29. The Kier molecular flexibility index (Phi) is 4.29. The van der Waals surface area contributed by atoms with E-state index >= 15 is 0 Å². The molecule has 0 atom stereocenters. The number of nitriles is 1. The van der Waals surface area contributed by atoms with Crippen molar-refractivity contribution in [3.8, 4) is 11.9 Å². The van der Waals surface area contributed by atoms with E-state index in [0.717, 1.165) is 5.69 Å². The van der Waals surface area contributed by atoms with Gasteiger partial charge in [-0.1, -0.05) is 0 Å². The number of nitrogens with zero attached hydrogens (tertiary/aromatic N) is 4. The number of ether oxygens (including phenoxy) is 1. The Morgan fingerprint density at radius 1 is 1.47 bits per heavy atom. The predicted octanol–water partition coefficient (Wildman–Crippen LogP) is 0.643. The minimum atomic E-state index is -0.0709. The Morgan fingerprint density at radius 2 is 2.18 bits per heavy atom. The van der Waals surface area contributed by atoms with Crippen LogP contribution in [0.4, 0.5) is 11.5 Å². The average molecular weight is 234 g/mol. The lowest BCUT2D eigenvalue weighted by Gasteiger charge is -2.20. The van der Waals surface area contributed by atoms with Crippen molar-refractivity contribution in [2.24, 2.45) is 0 Å². The summed E-state index contributed by atoms with van der Waals surface area (Å²) in [7, 11) is 5.32. The van der Waals surface area contributed by atoms with Gasteiger partial charge in [-0.15, -0.1) is 0 Å². The van der Waals surface area contributed by atoms with Gasteiger partial charge in [0.2, 0.25) is 12.3 Å². The van der Waals surface area contributed by atoms with Crippen LogP contribution in [-0.4, -0.2) is 39.1 Å². The van der Waals surface area contributed by atoms with Crippen LogP contribution in [0, 0.1) is 11.3 Å². The van der Waals surface area contributed by atoms with Gasteiger partial charge in [0.05, 0.1) is 5.69 Å². The summed E-state index contributed by atoms with van der Waals surface area (Å²) < 4.78 is 5.09. The van der Waals surface area contributed by atoms with Gasteiger partial charge in [-0.25, -0.2) is 0 Å². The summed E-state index contributed by atoms with van der Waals surface area (Å²) in [6.07, 6.45) is 0.670. The summed E-state index contributed by atoms with van der Waals surface area (Å²) in [6.45, 7) is -0.0709. The van der Waals surface area contributed by atoms with E-state index in [1.54, 1.807) is 19.2 Å². The monoisotopic (exact) mass is 234 g/mol. The minimum absolute atomic E-state index is 0.0709. The van der Waals surface area contributed by atoms with Crippen LogP contribution in [0.5, 0.6) is 5.88 Å². The molecule has 0 aliphatic carbocycles. The van der Waals surface area contributed by atoms with E-state index in [1.807, 2.05) is 25.1 Å². The Balaban J connectivity index is 3.10. The molecule has 90 valence electrons. The number of carbonyl (C=O) groups is 1. The summed E-state index contributed by atoms with van der Waals surface area (Å²) in [6, 6.07) is 5.31. The zero-order valence-corrected chi connectivity index (χ0v) is 10.0. The van der Waals surface area contributed by atoms with Crippen molar-refractivity contribution in [2.75, 3.05) is 37.5 Å². The molecule has 6 nitrogen and oxygen atoms in total. The lowest BCUT2D eigenvalue weighted by molar-refractivity contribution is -0.107. The second kappa shape index (κ2) is 5.70. The number of hydrogen-bond donors (Lipinski definition) is 0. The largest absolute Gasteiger partial charge is 0.462 e. The molecule has 0 N–H and O–H groups in total. The van der Waals surface area contributed by atoms with Crippen LogP contribution in [0.3, 0.4) is 0 Å². The van der Waals surface area contributed by atoms with Crippen molar-refractivity contribution < 1.29 is 9.53 Å². The number of pyridine rings is 1. The first-order valence-corrected chi connectivity index (χ1v) is 4.96. The fourth-order valence-electron chi connectivity index (χ4n) is 1.27. The van der Waals surface area contributed by atoms with Crippen molar-refractivity contribution in [1.29, 1.82) is 5.26 Å². The zero-order chi connectivity index (χ0) is 12.8. The van der Waals surface area contributed by atoms with Gasteiger partial charge in [-0.3, -0.25) is 4.79 Å². The summed E-state index contributed by atoms with van der Waals surface area (Å²) in [5.41, 5.74) is 0.795. The van der Waals surface area contributed by atoms with Crippen LogP contribution in [0.2, 0.25) is 0 Å². The maximum atomic E-state index is 10.8. The van der Waals surface area contributed by atoms with E-state index in [1.165, 1.54) is 4.90 Å². The number of carbonyl (C=O) groups excluding carboxylic acids is 1. The fourth-order valence-corrected chi connectivity index (χ4v) is 1.27. The second-order valence-corrected chi connectivity index (χ2v) is 3.55. The quantitative estimate of drug-likeness (QED) is 0.699. The molecule has 0 bridgehead atoms. The first-order valence-electron chi connectivity index (χ1n) is 4.96. The van der Waals surface area contributed by atoms with E-state index in [-0.39, 0.29) is 6.61 Å². The van der Waals surface area contributed by atoms with Crippen LogP contribution in [0.1, 0.15) is 0 Å². The molecule has 1 aromatic rings. The van der Waals surface area contributed by atoms with Gasteiger partial charge in [0.15, 0.2) is 12.4 Å². The van der Waals surface area contributed by atoms with Crippen LogP contribution in [0.25, 0.3) is 0 Å². The lowest BCUT2D eigenvalue weighted by Crippen LogP contribution is -2.20. The third kappa shape index (κ3) is 3.08. The number of rotatable bonds is 5. The molecule has 0 fully saturated rings. The highest BCUT2D eigenvalue weighted by Crippen LogP contribution is 2.27. The van der Waals surface area contributed by atoms with Crippen molar-refractivity contribution in [2.45, 2.75) is 0 Å². The van der Waals surface area contributed by atoms with Gasteiger partial charge >= 0.3 is 0 Å². The molecule has 0 saturated carbocycles. The molecule has 0 saturated heterocycles. The van der Waals surface area contributed by atoms with Crippen LogP contribution >= 0.6 is 0 Å². The number of amides is 1. The minimum Gasteiger partial charge on any atom is -0.462 e. The summed E-state index contributed by atoms with van der Waals surface area (Å²) in [5.74, 6) is 0.807. The number of aromatic nitrogens is 1. The summed E-state index contributed by atoms with van der Waals surface area (Å²) >= 11 is 0. The number of anilines is 2. The zero-order valence-electron chi connectivity index (χ0n) is 10.0. The molecule has 1 aromatic heterocycles. The topological polar surface area (TPSA) is 69.5 Å². The van der Waals surface area contributed by atoms with Gasteiger partial charge in [0, 0.05) is 27.2 Å².